The van der Waals surface area contributed by atoms with E-state index in [2.05, 4.69) is 185 Å². The summed E-state index contributed by atoms with van der Waals surface area (Å²) in [4.78, 5) is 38.3. The van der Waals surface area contributed by atoms with Crippen LogP contribution in [0.4, 0.5) is 0 Å². The maximum absolute atomic E-state index is 12.9. The van der Waals surface area contributed by atoms with Crippen LogP contribution in [0, 0.1) is 0 Å². The number of carbonyl (C=O) groups excluding carboxylic acids is 3. The molecule has 466 valence electrons. The fourth-order valence-corrected chi connectivity index (χ4v) is 8.74. The molecule has 0 N–H and O–H groups in total. The van der Waals surface area contributed by atoms with Gasteiger partial charge in [0.1, 0.15) is 13.2 Å². The normalized spacial score (nSPS) is 13.2. The molecule has 0 saturated heterocycles. The molecule has 0 fully saturated rings. The molecule has 0 amide bonds. The van der Waals surface area contributed by atoms with Crippen molar-refractivity contribution < 1.29 is 28.6 Å². The quantitative estimate of drug-likeness (QED) is 0.0261. The highest BCUT2D eigenvalue weighted by atomic mass is 16.6. The van der Waals surface area contributed by atoms with E-state index in [-0.39, 0.29) is 37.5 Å². The Balaban J connectivity index is 4.33. The average Bonchev–Trinajstić information content (AvgIpc) is 3.49. The lowest BCUT2D eigenvalue weighted by Crippen LogP contribution is -2.30. The van der Waals surface area contributed by atoms with Gasteiger partial charge in [0.2, 0.25) is 0 Å². The zero-order valence-corrected chi connectivity index (χ0v) is 53.4. The first-order chi connectivity index (χ1) is 41.0. The van der Waals surface area contributed by atoms with E-state index in [0.29, 0.717) is 19.3 Å². The zero-order chi connectivity index (χ0) is 59.9. The van der Waals surface area contributed by atoms with Gasteiger partial charge in [0.25, 0.3) is 0 Å². The molecule has 83 heavy (non-hydrogen) atoms. The highest BCUT2D eigenvalue weighted by Crippen LogP contribution is 2.15. The molecule has 0 rings (SSSR count). The molecule has 0 spiro atoms. The third kappa shape index (κ3) is 67.4. The summed E-state index contributed by atoms with van der Waals surface area (Å²) in [5, 5.41) is 0. The Bertz CT molecular complexity index is 1890. The van der Waals surface area contributed by atoms with Crippen LogP contribution in [0.2, 0.25) is 0 Å². The third-order valence-electron chi connectivity index (χ3n) is 13.7. The summed E-state index contributed by atoms with van der Waals surface area (Å²) in [7, 11) is 0. The monoisotopic (exact) mass is 1140 g/mol. The number of rotatable bonds is 59. The molecule has 0 bridgehead atoms. The van der Waals surface area contributed by atoms with Crippen molar-refractivity contribution in [1.29, 1.82) is 0 Å². The minimum absolute atomic E-state index is 0.113. The summed E-state index contributed by atoms with van der Waals surface area (Å²) in [5.41, 5.74) is 0. The lowest BCUT2D eigenvalue weighted by atomic mass is 10.0. The van der Waals surface area contributed by atoms with Crippen molar-refractivity contribution in [3.8, 4) is 0 Å². The first kappa shape index (κ1) is 77.8. The van der Waals surface area contributed by atoms with E-state index in [9.17, 15) is 14.4 Å². The third-order valence-corrected chi connectivity index (χ3v) is 13.7. The van der Waals surface area contributed by atoms with Crippen molar-refractivity contribution in [2.75, 3.05) is 13.2 Å². The van der Waals surface area contributed by atoms with E-state index in [1.807, 2.05) is 6.08 Å². The van der Waals surface area contributed by atoms with E-state index < -0.39 is 6.10 Å². The van der Waals surface area contributed by atoms with Crippen LogP contribution in [0.25, 0.3) is 0 Å². The molecule has 0 heterocycles. The van der Waals surface area contributed by atoms with Gasteiger partial charge in [-0.25, -0.2) is 0 Å². The number of carbonyl (C=O) groups is 3. The zero-order valence-electron chi connectivity index (χ0n) is 53.4. The van der Waals surface area contributed by atoms with E-state index in [0.717, 1.165) is 135 Å². The predicted molar refractivity (Wildman–Crippen MR) is 361 cm³/mol. The van der Waals surface area contributed by atoms with E-state index in [4.69, 9.17) is 14.2 Å². The number of ether oxygens (including phenoxy) is 3. The number of hydrogen-bond acceptors (Lipinski definition) is 6. The molecule has 0 aromatic heterocycles. The topological polar surface area (TPSA) is 78.9 Å². The fourth-order valence-electron chi connectivity index (χ4n) is 8.74. The summed E-state index contributed by atoms with van der Waals surface area (Å²) < 4.78 is 16.8. The molecular formula is C77H122O6. The minimum Gasteiger partial charge on any atom is -0.462 e. The molecule has 0 aromatic carbocycles. The Hall–Kier alpha value is -5.23. The Morgan fingerprint density at radius 2 is 0.494 bits per heavy atom. The molecule has 0 aliphatic carbocycles. The second kappa shape index (κ2) is 69.3. The van der Waals surface area contributed by atoms with Gasteiger partial charge in [-0.3, -0.25) is 14.4 Å². The average molecular weight is 1140 g/mol. The summed E-state index contributed by atoms with van der Waals surface area (Å²) in [6, 6.07) is 0. The van der Waals surface area contributed by atoms with Gasteiger partial charge in [-0.15, -0.1) is 0 Å². The van der Waals surface area contributed by atoms with Crippen LogP contribution in [0.1, 0.15) is 278 Å². The van der Waals surface area contributed by atoms with Crippen LogP contribution in [0.15, 0.2) is 170 Å². The maximum Gasteiger partial charge on any atom is 0.306 e. The molecule has 6 heteroatoms. The molecule has 0 aromatic rings. The Kier molecular flexibility index (Phi) is 64.9. The summed E-state index contributed by atoms with van der Waals surface area (Å²) >= 11 is 0. The van der Waals surface area contributed by atoms with Crippen LogP contribution in [-0.2, 0) is 28.6 Å². The van der Waals surface area contributed by atoms with Gasteiger partial charge in [0.15, 0.2) is 6.10 Å². The van der Waals surface area contributed by atoms with Crippen LogP contribution in [0.3, 0.4) is 0 Å². The van der Waals surface area contributed by atoms with Crippen molar-refractivity contribution in [2.24, 2.45) is 0 Å². The maximum atomic E-state index is 12.9. The second-order valence-electron chi connectivity index (χ2n) is 21.6. The van der Waals surface area contributed by atoms with Gasteiger partial charge in [-0.2, -0.15) is 0 Å². The lowest BCUT2D eigenvalue weighted by Gasteiger charge is -2.18. The van der Waals surface area contributed by atoms with Gasteiger partial charge in [0, 0.05) is 19.3 Å². The standard InChI is InChI=1S/C77H122O6/c1-4-7-10-13-16-19-22-25-27-29-31-32-33-34-35-36-37-38-39-40-41-42-43-44-46-47-49-52-55-58-61-64-67-70-76(79)82-73-74(72-81-75(78)69-66-63-60-57-54-51-24-21-18-15-12-9-6-3)83-77(80)71-68-65-62-59-56-53-50-48-45-30-28-26-23-20-17-14-11-8-5-2/h7,9-10,12,16-21,25-28,31-32,34-35,37-38,40-41,45,48,51,54,60,63,74H,4-6,8,11,13-15,22-24,29-30,33,36,39,42-44,46-47,49-50,52-53,55-59,61-62,64-73H2,1-3H3/b10-7-,12-9-,19-16-,20-17-,21-18-,27-25-,28-26-,32-31-,35-34-,38-37-,41-40-,48-45-,54-51-,63-60-. The number of esters is 3. The van der Waals surface area contributed by atoms with Crippen LogP contribution in [-0.4, -0.2) is 37.2 Å². The smallest absolute Gasteiger partial charge is 0.306 e. The molecular weight excluding hydrogens is 1020 g/mol. The van der Waals surface area contributed by atoms with Crippen LogP contribution < -0.4 is 0 Å². The molecule has 0 aliphatic heterocycles. The number of hydrogen-bond donors (Lipinski definition) is 0. The molecule has 1 atom stereocenters. The van der Waals surface area contributed by atoms with Crippen molar-refractivity contribution in [3.05, 3.63) is 170 Å². The summed E-state index contributed by atoms with van der Waals surface area (Å²) in [5.74, 6) is -1.02. The van der Waals surface area contributed by atoms with Gasteiger partial charge in [0.05, 0.1) is 0 Å². The predicted octanol–water partition coefficient (Wildman–Crippen LogP) is 23.4. The Morgan fingerprint density at radius 3 is 0.807 bits per heavy atom. The Labute approximate surface area is 511 Å². The first-order valence-corrected chi connectivity index (χ1v) is 33.6. The van der Waals surface area contributed by atoms with Crippen molar-refractivity contribution in [2.45, 2.75) is 284 Å². The van der Waals surface area contributed by atoms with Gasteiger partial charge < -0.3 is 14.2 Å². The molecule has 6 nitrogen and oxygen atoms in total. The van der Waals surface area contributed by atoms with E-state index >= 15 is 0 Å². The summed E-state index contributed by atoms with van der Waals surface area (Å²) in [6.45, 7) is 6.30. The fraction of sp³-hybridized carbons (Fsp3) is 0.597. The highest BCUT2D eigenvalue weighted by Gasteiger charge is 2.19. The molecule has 1 unspecified atom stereocenters. The second-order valence-corrected chi connectivity index (χ2v) is 21.6. The molecule has 0 saturated carbocycles. The van der Waals surface area contributed by atoms with Gasteiger partial charge >= 0.3 is 17.9 Å². The number of allylic oxidation sites excluding steroid dienone is 28. The van der Waals surface area contributed by atoms with Crippen molar-refractivity contribution >= 4 is 17.9 Å². The van der Waals surface area contributed by atoms with E-state index in [1.54, 1.807) is 0 Å². The van der Waals surface area contributed by atoms with Crippen molar-refractivity contribution in [3.63, 3.8) is 0 Å². The SMILES string of the molecule is CC/C=C\C/C=C\C/C=C\C/C=C\C/C=C\C/C=C\C/C=C\CCCCCCCCCCCCCC(=O)OCC(COC(=O)CC/C=C\C/C=C\C/C=C\C/C=C\CC)OC(=O)CCCCCCCC/C=C\C/C=C\C/C=C\CCCCC. The highest BCUT2D eigenvalue weighted by molar-refractivity contribution is 5.71. The van der Waals surface area contributed by atoms with Crippen LogP contribution >= 0.6 is 0 Å². The van der Waals surface area contributed by atoms with E-state index in [1.165, 1.54) is 96.3 Å². The van der Waals surface area contributed by atoms with Gasteiger partial charge in [-0.1, -0.05) is 287 Å². The molecule has 0 aliphatic rings. The summed E-state index contributed by atoms with van der Waals surface area (Å²) in [6.07, 6.45) is 102. The van der Waals surface area contributed by atoms with Crippen molar-refractivity contribution in [1.82, 2.24) is 0 Å². The van der Waals surface area contributed by atoms with Crippen LogP contribution in [0.5, 0.6) is 0 Å². The Morgan fingerprint density at radius 1 is 0.253 bits per heavy atom. The number of unbranched alkanes of at least 4 members (excludes halogenated alkanes) is 20. The first-order valence-electron chi connectivity index (χ1n) is 33.6. The largest absolute Gasteiger partial charge is 0.462 e. The lowest BCUT2D eigenvalue weighted by molar-refractivity contribution is -0.166. The minimum atomic E-state index is -0.824. The molecule has 0 radical (unpaired) electrons. The van der Waals surface area contributed by atoms with Gasteiger partial charge in [-0.05, 0) is 141 Å².